The van der Waals surface area contributed by atoms with Crippen molar-refractivity contribution in [1.82, 2.24) is 9.97 Å². The number of halogens is 1. The average Bonchev–Trinajstić information content (AvgIpc) is 2.42. The van der Waals surface area contributed by atoms with E-state index in [1.807, 2.05) is 46.0 Å². The van der Waals surface area contributed by atoms with E-state index >= 15 is 0 Å². The lowest BCUT2D eigenvalue weighted by Gasteiger charge is -2.12. The van der Waals surface area contributed by atoms with Crippen molar-refractivity contribution in [2.24, 2.45) is 0 Å². The minimum Gasteiger partial charge on any atom is -0.437 e. The lowest BCUT2D eigenvalue weighted by Crippen LogP contribution is -2.03. The van der Waals surface area contributed by atoms with Gasteiger partial charge in [0, 0.05) is 19.0 Å². The van der Waals surface area contributed by atoms with Gasteiger partial charge in [-0.2, -0.15) is 4.98 Å². The molecule has 1 N–H and O–H groups in total. The molecule has 20 heavy (non-hydrogen) atoms. The molecule has 1 aromatic heterocycles. The van der Waals surface area contributed by atoms with E-state index in [4.69, 9.17) is 16.3 Å². The Kier molecular flexibility index (Phi) is 4.45. The molecule has 0 unspecified atom stereocenters. The lowest BCUT2D eigenvalue weighted by atomic mass is 10.2. The second-order valence-corrected chi connectivity index (χ2v) is 5.30. The molecule has 0 amide bonds. The molecule has 0 bridgehead atoms. The molecule has 0 aliphatic rings. The van der Waals surface area contributed by atoms with Crippen molar-refractivity contribution in [2.45, 2.75) is 26.7 Å². The Morgan fingerprint density at radius 3 is 2.60 bits per heavy atom. The zero-order valence-corrected chi connectivity index (χ0v) is 12.8. The van der Waals surface area contributed by atoms with E-state index in [1.165, 1.54) is 0 Å². The summed E-state index contributed by atoms with van der Waals surface area (Å²) in [6.07, 6.45) is 0. The van der Waals surface area contributed by atoms with Gasteiger partial charge in [0.15, 0.2) is 0 Å². The Balaban J connectivity index is 2.37. The van der Waals surface area contributed by atoms with Crippen LogP contribution in [0.25, 0.3) is 0 Å². The molecule has 0 aliphatic carbocycles. The summed E-state index contributed by atoms with van der Waals surface area (Å²) in [4.78, 5) is 8.81. The Morgan fingerprint density at radius 1 is 1.20 bits per heavy atom. The molecular formula is C15H18ClN3O. The van der Waals surface area contributed by atoms with Crippen LogP contribution >= 0.6 is 11.6 Å². The van der Waals surface area contributed by atoms with E-state index < -0.39 is 0 Å². The molecule has 0 saturated carbocycles. The maximum absolute atomic E-state index is 6.14. The molecule has 0 saturated heterocycles. The van der Waals surface area contributed by atoms with Crippen LogP contribution in [0.4, 0.5) is 5.82 Å². The van der Waals surface area contributed by atoms with E-state index in [0.717, 1.165) is 17.2 Å². The first-order chi connectivity index (χ1) is 9.49. The minimum absolute atomic E-state index is 0.221. The number of ether oxygens (including phenoxy) is 1. The van der Waals surface area contributed by atoms with Crippen LogP contribution in [-0.2, 0) is 0 Å². The number of nitrogens with zero attached hydrogens (tertiary/aromatic N) is 2. The third-order valence-electron chi connectivity index (χ3n) is 2.79. The Morgan fingerprint density at radius 2 is 1.95 bits per heavy atom. The topological polar surface area (TPSA) is 47.0 Å². The zero-order valence-electron chi connectivity index (χ0n) is 12.1. The first-order valence-corrected chi connectivity index (χ1v) is 6.88. The van der Waals surface area contributed by atoms with Gasteiger partial charge in [0.1, 0.15) is 17.4 Å². The summed E-state index contributed by atoms with van der Waals surface area (Å²) in [5, 5.41) is 3.57. The molecule has 0 atom stereocenters. The van der Waals surface area contributed by atoms with Crippen LogP contribution in [0.3, 0.4) is 0 Å². The van der Waals surface area contributed by atoms with Crippen LogP contribution in [0.15, 0.2) is 24.3 Å². The summed E-state index contributed by atoms with van der Waals surface area (Å²) < 4.78 is 5.80. The van der Waals surface area contributed by atoms with Crippen molar-refractivity contribution in [3.05, 3.63) is 40.7 Å². The van der Waals surface area contributed by atoms with Gasteiger partial charge in [0.25, 0.3) is 0 Å². The van der Waals surface area contributed by atoms with Crippen LogP contribution in [0.5, 0.6) is 11.6 Å². The number of hydrogen-bond acceptors (Lipinski definition) is 4. The number of hydrogen-bond donors (Lipinski definition) is 1. The number of aryl methyl sites for hydroxylation is 1. The highest BCUT2D eigenvalue weighted by atomic mass is 35.5. The van der Waals surface area contributed by atoms with Crippen LogP contribution in [0.2, 0.25) is 5.02 Å². The molecule has 2 aromatic rings. The molecule has 0 aliphatic heterocycles. The Hall–Kier alpha value is -1.81. The maximum Gasteiger partial charge on any atom is 0.224 e. The normalized spacial score (nSPS) is 10.7. The second-order valence-electron chi connectivity index (χ2n) is 4.89. The number of benzene rings is 1. The number of anilines is 1. The molecule has 0 spiro atoms. The molecule has 4 nitrogen and oxygen atoms in total. The van der Waals surface area contributed by atoms with Crippen LogP contribution in [-0.4, -0.2) is 17.0 Å². The molecule has 2 rings (SSSR count). The van der Waals surface area contributed by atoms with E-state index in [9.17, 15) is 0 Å². The Bertz CT molecular complexity index is 614. The predicted molar refractivity (Wildman–Crippen MR) is 81.9 cm³/mol. The zero-order chi connectivity index (χ0) is 14.7. The first kappa shape index (κ1) is 14.6. The Labute approximate surface area is 124 Å². The van der Waals surface area contributed by atoms with Gasteiger partial charge in [-0.3, -0.25) is 0 Å². The predicted octanol–water partition coefficient (Wildman–Crippen LogP) is 4.40. The highest BCUT2D eigenvalue weighted by Crippen LogP contribution is 2.30. The van der Waals surface area contributed by atoms with E-state index in [2.05, 4.69) is 15.3 Å². The summed E-state index contributed by atoms with van der Waals surface area (Å²) in [5.74, 6) is 2.76. The monoisotopic (exact) mass is 291 g/mol. The SMILES string of the molecule is CNc1cc(Oc2cc(C)ccc2Cl)nc(C(C)C)n1. The van der Waals surface area contributed by atoms with Crippen molar-refractivity contribution in [1.29, 1.82) is 0 Å². The molecule has 1 heterocycles. The largest absolute Gasteiger partial charge is 0.437 e. The van der Waals surface area contributed by atoms with Gasteiger partial charge in [-0.25, -0.2) is 4.98 Å². The highest BCUT2D eigenvalue weighted by molar-refractivity contribution is 6.32. The van der Waals surface area contributed by atoms with E-state index in [0.29, 0.717) is 16.7 Å². The van der Waals surface area contributed by atoms with Crippen LogP contribution < -0.4 is 10.1 Å². The second kappa shape index (κ2) is 6.09. The van der Waals surface area contributed by atoms with Gasteiger partial charge in [-0.05, 0) is 24.6 Å². The minimum atomic E-state index is 0.221. The van der Waals surface area contributed by atoms with Crippen molar-refractivity contribution in [3.63, 3.8) is 0 Å². The standard InChI is InChI=1S/C15H18ClN3O/c1-9(2)15-18-13(17-4)8-14(19-15)20-12-7-10(3)5-6-11(12)16/h5-9H,1-4H3,(H,17,18,19). The van der Waals surface area contributed by atoms with Gasteiger partial charge in [0.05, 0.1) is 5.02 Å². The molecule has 0 fully saturated rings. The lowest BCUT2D eigenvalue weighted by molar-refractivity contribution is 0.457. The molecular weight excluding hydrogens is 274 g/mol. The average molecular weight is 292 g/mol. The smallest absolute Gasteiger partial charge is 0.224 e. The van der Waals surface area contributed by atoms with Crippen molar-refractivity contribution < 1.29 is 4.74 Å². The third-order valence-corrected chi connectivity index (χ3v) is 3.11. The van der Waals surface area contributed by atoms with Gasteiger partial charge < -0.3 is 10.1 Å². The van der Waals surface area contributed by atoms with E-state index in [1.54, 1.807) is 6.07 Å². The molecule has 106 valence electrons. The summed E-state index contributed by atoms with van der Waals surface area (Å²) in [5.41, 5.74) is 1.08. The maximum atomic E-state index is 6.14. The fraction of sp³-hybridized carbons (Fsp3) is 0.333. The van der Waals surface area contributed by atoms with Crippen LogP contribution in [0, 0.1) is 6.92 Å². The highest BCUT2D eigenvalue weighted by Gasteiger charge is 2.10. The fourth-order valence-corrected chi connectivity index (χ4v) is 1.84. The third kappa shape index (κ3) is 3.39. The summed E-state index contributed by atoms with van der Waals surface area (Å²) in [7, 11) is 1.82. The van der Waals surface area contributed by atoms with Crippen molar-refractivity contribution in [3.8, 4) is 11.6 Å². The summed E-state index contributed by atoms with van der Waals surface area (Å²) >= 11 is 6.14. The molecule has 1 aromatic carbocycles. The van der Waals surface area contributed by atoms with Gasteiger partial charge in [0.2, 0.25) is 5.88 Å². The van der Waals surface area contributed by atoms with Crippen molar-refractivity contribution >= 4 is 17.4 Å². The summed E-state index contributed by atoms with van der Waals surface area (Å²) in [6.45, 7) is 6.07. The van der Waals surface area contributed by atoms with Gasteiger partial charge in [-0.15, -0.1) is 0 Å². The summed E-state index contributed by atoms with van der Waals surface area (Å²) in [6, 6.07) is 7.40. The van der Waals surface area contributed by atoms with Gasteiger partial charge in [-0.1, -0.05) is 31.5 Å². The quantitative estimate of drug-likeness (QED) is 0.907. The number of aromatic nitrogens is 2. The fourth-order valence-electron chi connectivity index (χ4n) is 1.68. The number of nitrogens with one attached hydrogen (secondary N) is 1. The van der Waals surface area contributed by atoms with E-state index in [-0.39, 0.29) is 5.92 Å². The van der Waals surface area contributed by atoms with Crippen LogP contribution in [0.1, 0.15) is 31.2 Å². The molecule has 5 heteroatoms. The van der Waals surface area contributed by atoms with Crippen molar-refractivity contribution in [2.75, 3.05) is 12.4 Å². The first-order valence-electron chi connectivity index (χ1n) is 6.50. The number of rotatable bonds is 4. The van der Waals surface area contributed by atoms with Gasteiger partial charge >= 0.3 is 0 Å². The molecule has 0 radical (unpaired) electrons.